The molecule has 0 heterocycles. The van der Waals surface area contributed by atoms with Crippen molar-refractivity contribution in [3.63, 3.8) is 0 Å². The van der Waals surface area contributed by atoms with Gasteiger partial charge in [0.1, 0.15) is 0 Å². The maximum absolute atomic E-state index is 13.2. The van der Waals surface area contributed by atoms with E-state index in [-0.39, 0.29) is 0 Å². The number of hydrogen-bond acceptors (Lipinski definition) is 1. The first-order valence-electron chi connectivity index (χ1n) is 5.64. The van der Waals surface area contributed by atoms with Crippen LogP contribution in [0.4, 0.5) is 8.78 Å². The normalized spacial score (nSPS) is 13.1. The third-order valence-electron chi connectivity index (χ3n) is 2.81. The topological polar surface area (TPSA) is 12.0 Å². The van der Waals surface area contributed by atoms with Crippen LogP contribution in [0.3, 0.4) is 0 Å². The second-order valence-corrected chi connectivity index (χ2v) is 3.99. The molecule has 0 aromatic heterocycles. The second-order valence-electron chi connectivity index (χ2n) is 3.99. The summed E-state index contributed by atoms with van der Waals surface area (Å²) in [5, 5.41) is 3.03. The first kappa shape index (κ1) is 14.2. The van der Waals surface area contributed by atoms with E-state index in [9.17, 15) is 8.78 Å². The summed E-state index contributed by atoms with van der Waals surface area (Å²) in [6.45, 7) is 7.58. The van der Waals surface area contributed by atoms with E-state index in [4.69, 9.17) is 0 Å². The predicted octanol–water partition coefficient (Wildman–Crippen LogP) is 4.05. The minimum Gasteiger partial charge on any atom is -0.391 e. The molecule has 0 bridgehead atoms. The van der Waals surface area contributed by atoms with Crippen molar-refractivity contribution in [2.75, 3.05) is 7.05 Å². The van der Waals surface area contributed by atoms with Gasteiger partial charge >= 0.3 is 0 Å². The summed E-state index contributed by atoms with van der Waals surface area (Å²) in [5.74, 6) is -1.70. The molecule has 0 fully saturated rings. The molecule has 0 spiro atoms. The van der Waals surface area contributed by atoms with Crippen LogP contribution in [0.25, 0.3) is 5.57 Å². The monoisotopic (exact) mass is 249 g/mol. The highest BCUT2D eigenvalue weighted by molar-refractivity contribution is 5.75. The van der Waals surface area contributed by atoms with Gasteiger partial charge in [0.15, 0.2) is 11.6 Å². The molecule has 18 heavy (non-hydrogen) atoms. The van der Waals surface area contributed by atoms with Crippen molar-refractivity contribution < 1.29 is 8.78 Å². The third-order valence-corrected chi connectivity index (χ3v) is 2.81. The van der Waals surface area contributed by atoms with Gasteiger partial charge in [-0.15, -0.1) is 0 Å². The number of nitrogens with one attached hydrogen (secondary N) is 1. The van der Waals surface area contributed by atoms with Gasteiger partial charge < -0.3 is 5.32 Å². The van der Waals surface area contributed by atoms with Crippen LogP contribution in [0, 0.1) is 11.6 Å². The fourth-order valence-corrected chi connectivity index (χ4v) is 1.47. The van der Waals surface area contributed by atoms with Crippen LogP contribution in [0.2, 0.25) is 0 Å². The van der Waals surface area contributed by atoms with Gasteiger partial charge in [-0.1, -0.05) is 18.7 Å². The van der Waals surface area contributed by atoms with Crippen molar-refractivity contribution in [2.45, 2.75) is 13.8 Å². The predicted molar refractivity (Wildman–Crippen MR) is 72.0 cm³/mol. The second kappa shape index (κ2) is 6.15. The van der Waals surface area contributed by atoms with E-state index >= 15 is 0 Å². The Morgan fingerprint density at radius 1 is 1.22 bits per heavy atom. The van der Waals surface area contributed by atoms with Gasteiger partial charge in [-0.3, -0.25) is 0 Å². The summed E-state index contributed by atoms with van der Waals surface area (Å²) in [6.07, 6.45) is 3.50. The zero-order valence-corrected chi connectivity index (χ0v) is 10.8. The fourth-order valence-electron chi connectivity index (χ4n) is 1.47. The molecular weight excluding hydrogens is 232 g/mol. The Kier molecular flexibility index (Phi) is 4.84. The Balaban J connectivity index is 3.22. The molecule has 0 unspecified atom stereocenters. The molecule has 1 nitrogen and oxygen atoms in total. The van der Waals surface area contributed by atoms with Crippen molar-refractivity contribution in [3.05, 3.63) is 65.4 Å². The van der Waals surface area contributed by atoms with Crippen molar-refractivity contribution in [1.82, 2.24) is 5.32 Å². The SMILES string of the molecule is C=C/C(=C\C(C)=C(\C)NC)c1ccc(F)c(F)c1. The first-order valence-corrected chi connectivity index (χ1v) is 5.64. The standard InChI is InChI=1S/C15H17F2N/c1-5-12(8-10(2)11(3)18-4)13-6-7-14(16)15(17)9-13/h5-9,18H,1H2,2-4H3/b11-10-,12-8+. The Labute approximate surface area is 107 Å². The Morgan fingerprint density at radius 3 is 2.39 bits per heavy atom. The van der Waals surface area contributed by atoms with Crippen LogP contribution < -0.4 is 5.32 Å². The lowest BCUT2D eigenvalue weighted by molar-refractivity contribution is 0.508. The van der Waals surface area contributed by atoms with Crippen LogP contribution in [0.1, 0.15) is 19.4 Å². The molecule has 0 aliphatic carbocycles. The van der Waals surface area contributed by atoms with Gasteiger partial charge in [0.05, 0.1) is 0 Å². The highest BCUT2D eigenvalue weighted by atomic mass is 19.2. The molecule has 1 aromatic carbocycles. The van der Waals surface area contributed by atoms with Crippen molar-refractivity contribution in [1.29, 1.82) is 0 Å². The number of allylic oxidation sites excluding steroid dienone is 5. The van der Waals surface area contributed by atoms with E-state index in [1.807, 2.05) is 27.0 Å². The maximum Gasteiger partial charge on any atom is 0.159 e. The van der Waals surface area contributed by atoms with Crippen LogP contribution in [-0.2, 0) is 0 Å². The summed E-state index contributed by atoms with van der Waals surface area (Å²) < 4.78 is 26.0. The van der Waals surface area contributed by atoms with Crippen molar-refractivity contribution >= 4 is 5.57 Å². The Bertz CT molecular complexity index is 513. The lowest BCUT2D eigenvalue weighted by atomic mass is 10.0. The molecule has 0 aliphatic heterocycles. The molecule has 0 amide bonds. The lowest BCUT2D eigenvalue weighted by Crippen LogP contribution is -2.03. The summed E-state index contributed by atoms with van der Waals surface area (Å²) in [6, 6.07) is 3.82. The molecule has 0 saturated heterocycles. The average molecular weight is 249 g/mol. The summed E-state index contributed by atoms with van der Waals surface area (Å²) in [7, 11) is 1.83. The number of rotatable bonds is 4. The number of hydrogen-bond donors (Lipinski definition) is 1. The van der Waals surface area contributed by atoms with Gasteiger partial charge in [0.2, 0.25) is 0 Å². The van der Waals surface area contributed by atoms with Gasteiger partial charge in [0.25, 0.3) is 0 Å². The molecular formula is C15H17F2N. The molecule has 1 N–H and O–H groups in total. The molecule has 1 aromatic rings. The van der Waals surface area contributed by atoms with E-state index in [1.165, 1.54) is 12.1 Å². The van der Waals surface area contributed by atoms with Gasteiger partial charge in [-0.25, -0.2) is 8.78 Å². The fraction of sp³-hybridized carbons (Fsp3) is 0.200. The number of benzene rings is 1. The van der Waals surface area contributed by atoms with E-state index in [0.29, 0.717) is 5.56 Å². The van der Waals surface area contributed by atoms with Crippen LogP contribution in [-0.4, -0.2) is 7.05 Å². The maximum atomic E-state index is 13.2. The quantitative estimate of drug-likeness (QED) is 0.794. The van der Waals surface area contributed by atoms with Gasteiger partial charge in [-0.2, -0.15) is 0 Å². The molecule has 1 rings (SSSR count). The average Bonchev–Trinajstić information content (AvgIpc) is 2.38. The molecule has 0 saturated carbocycles. The minimum absolute atomic E-state index is 0.604. The molecule has 0 aliphatic rings. The molecule has 0 atom stereocenters. The van der Waals surface area contributed by atoms with Gasteiger partial charge in [0, 0.05) is 12.7 Å². The molecule has 96 valence electrons. The minimum atomic E-state index is -0.854. The molecule has 3 heteroatoms. The van der Waals surface area contributed by atoms with Crippen molar-refractivity contribution in [2.24, 2.45) is 0 Å². The smallest absolute Gasteiger partial charge is 0.159 e. The van der Waals surface area contributed by atoms with E-state index in [0.717, 1.165) is 22.9 Å². The van der Waals surface area contributed by atoms with E-state index in [1.54, 1.807) is 6.08 Å². The van der Waals surface area contributed by atoms with Crippen LogP contribution in [0.5, 0.6) is 0 Å². The first-order chi connectivity index (χ1) is 8.49. The third kappa shape index (κ3) is 3.29. The van der Waals surface area contributed by atoms with E-state index < -0.39 is 11.6 Å². The number of halogens is 2. The lowest BCUT2D eigenvalue weighted by Gasteiger charge is -2.07. The van der Waals surface area contributed by atoms with Crippen LogP contribution in [0.15, 0.2) is 48.2 Å². The zero-order chi connectivity index (χ0) is 13.7. The summed E-state index contributed by atoms with van der Waals surface area (Å²) >= 11 is 0. The highest BCUT2D eigenvalue weighted by Crippen LogP contribution is 2.20. The summed E-state index contributed by atoms with van der Waals surface area (Å²) in [4.78, 5) is 0. The van der Waals surface area contributed by atoms with Crippen molar-refractivity contribution in [3.8, 4) is 0 Å². The van der Waals surface area contributed by atoms with E-state index in [2.05, 4.69) is 11.9 Å². The Morgan fingerprint density at radius 2 is 1.89 bits per heavy atom. The Hall–Kier alpha value is -1.90. The highest BCUT2D eigenvalue weighted by Gasteiger charge is 2.05. The summed E-state index contributed by atoms with van der Waals surface area (Å²) in [5.41, 5.74) is 3.38. The molecule has 0 radical (unpaired) electrons. The largest absolute Gasteiger partial charge is 0.391 e. The van der Waals surface area contributed by atoms with Crippen LogP contribution >= 0.6 is 0 Å². The van der Waals surface area contributed by atoms with Gasteiger partial charge in [-0.05, 0) is 48.8 Å². The zero-order valence-electron chi connectivity index (χ0n) is 10.8.